The number of hydrogen-bond acceptors (Lipinski definition) is 5. The van der Waals surface area contributed by atoms with Crippen LogP contribution in [0.4, 0.5) is 0 Å². The van der Waals surface area contributed by atoms with Gasteiger partial charge in [0.2, 0.25) is 0 Å². The van der Waals surface area contributed by atoms with Crippen LogP contribution in [0.15, 0.2) is 29.3 Å². The first-order valence-electron chi connectivity index (χ1n) is 6.38. The highest BCUT2D eigenvalue weighted by Crippen LogP contribution is 2.20. The Morgan fingerprint density at radius 2 is 2.05 bits per heavy atom. The van der Waals surface area contributed by atoms with Crippen LogP contribution in [-0.4, -0.2) is 45.0 Å². The summed E-state index contributed by atoms with van der Waals surface area (Å²) in [5, 5.41) is 3.21. The van der Waals surface area contributed by atoms with E-state index in [1.54, 1.807) is 0 Å². The average Bonchev–Trinajstić information content (AvgIpc) is 3.00. The van der Waals surface area contributed by atoms with Gasteiger partial charge in [-0.1, -0.05) is 0 Å². The summed E-state index contributed by atoms with van der Waals surface area (Å²) < 4.78 is 28.4. The number of ether oxygens (including phenoxy) is 1. The molecule has 1 saturated heterocycles. The van der Waals surface area contributed by atoms with Gasteiger partial charge in [0, 0.05) is 12.1 Å². The molecular formula is C13H16N2O3S. The predicted octanol–water partition coefficient (Wildman–Crippen LogP) is 0.602. The van der Waals surface area contributed by atoms with Gasteiger partial charge >= 0.3 is 0 Å². The number of nitrogens with zero attached hydrogens (tertiary/aromatic N) is 1. The van der Waals surface area contributed by atoms with E-state index < -0.39 is 9.84 Å². The molecule has 2 aliphatic rings. The Morgan fingerprint density at radius 1 is 1.26 bits per heavy atom. The van der Waals surface area contributed by atoms with E-state index in [2.05, 4.69) is 10.3 Å². The number of hydrogen-bond donors (Lipinski definition) is 1. The summed E-state index contributed by atoms with van der Waals surface area (Å²) in [5.41, 5.74) is 1.03. The maximum atomic E-state index is 11.4. The van der Waals surface area contributed by atoms with Crippen LogP contribution in [-0.2, 0) is 9.84 Å². The van der Waals surface area contributed by atoms with Gasteiger partial charge in [-0.05, 0) is 30.7 Å². The van der Waals surface area contributed by atoms with Crippen molar-refractivity contribution < 1.29 is 13.2 Å². The highest BCUT2D eigenvalue weighted by Gasteiger charge is 2.29. The molecule has 6 heteroatoms. The molecule has 1 atom stereocenters. The summed E-state index contributed by atoms with van der Waals surface area (Å²) in [6.45, 7) is 1.70. The van der Waals surface area contributed by atoms with Crippen molar-refractivity contribution in [1.82, 2.24) is 5.32 Å². The highest BCUT2D eigenvalue weighted by molar-refractivity contribution is 7.91. The zero-order valence-corrected chi connectivity index (χ0v) is 11.3. The second-order valence-electron chi connectivity index (χ2n) is 4.82. The number of amidine groups is 1. The number of nitrogens with one attached hydrogen (secondary N) is 1. The minimum atomic E-state index is -2.89. The second-order valence-corrected chi connectivity index (χ2v) is 7.05. The van der Waals surface area contributed by atoms with Crippen LogP contribution < -0.4 is 10.1 Å². The summed E-state index contributed by atoms with van der Waals surface area (Å²) >= 11 is 0. The Labute approximate surface area is 112 Å². The number of aliphatic imine (C=N–C) groups is 1. The van der Waals surface area contributed by atoms with Gasteiger partial charge in [-0.15, -0.1) is 0 Å². The third kappa shape index (κ3) is 2.89. The van der Waals surface area contributed by atoms with Gasteiger partial charge in [-0.2, -0.15) is 0 Å². The van der Waals surface area contributed by atoms with E-state index in [0.29, 0.717) is 12.2 Å². The quantitative estimate of drug-likeness (QED) is 0.880. The second kappa shape index (κ2) is 4.85. The van der Waals surface area contributed by atoms with E-state index in [1.807, 2.05) is 24.3 Å². The van der Waals surface area contributed by atoms with E-state index in [0.717, 1.165) is 24.5 Å². The standard InChI is InChI=1S/C13H16N2O3S/c16-19(17)8-5-12(9-19)18-11-3-1-10(2-4-11)13-14-6-7-15-13/h1-4,12H,5-9H2,(H,14,15). The van der Waals surface area contributed by atoms with Crippen molar-refractivity contribution in [2.75, 3.05) is 24.6 Å². The number of rotatable bonds is 3. The fourth-order valence-electron chi connectivity index (χ4n) is 2.33. The molecule has 0 saturated carbocycles. The van der Waals surface area contributed by atoms with Crippen LogP contribution in [0.5, 0.6) is 5.75 Å². The zero-order valence-electron chi connectivity index (χ0n) is 10.5. The Bertz CT molecular complexity index is 593. The van der Waals surface area contributed by atoms with Gasteiger partial charge in [0.1, 0.15) is 17.7 Å². The van der Waals surface area contributed by atoms with Crippen LogP contribution in [0.3, 0.4) is 0 Å². The lowest BCUT2D eigenvalue weighted by atomic mass is 10.2. The molecule has 1 N–H and O–H groups in total. The largest absolute Gasteiger partial charge is 0.489 e. The first-order valence-corrected chi connectivity index (χ1v) is 8.20. The lowest BCUT2D eigenvalue weighted by Gasteiger charge is -2.12. The molecule has 0 bridgehead atoms. The predicted molar refractivity (Wildman–Crippen MR) is 73.5 cm³/mol. The maximum absolute atomic E-state index is 11.4. The highest BCUT2D eigenvalue weighted by atomic mass is 32.2. The zero-order chi connectivity index (χ0) is 13.3. The van der Waals surface area contributed by atoms with E-state index in [1.165, 1.54) is 0 Å². The maximum Gasteiger partial charge on any atom is 0.154 e. The molecule has 0 radical (unpaired) electrons. The Morgan fingerprint density at radius 3 is 2.63 bits per heavy atom. The van der Waals surface area contributed by atoms with E-state index >= 15 is 0 Å². The van der Waals surface area contributed by atoms with Crippen LogP contribution in [0.1, 0.15) is 12.0 Å². The van der Waals surface area contributed by atoms with Crippen LogP contribution in [0.2, 0.25) is 0 Å². The molecule has 2 heterocycles. The summed E-state index contributed by atoms with van der Waals surface area (Å²) in [6, 6.07) is 7.61. The summed E-state index contributed by atoms with van der Waals surface area (Å²) in [4.78, 5) is 4.34. The average molecular weight is 280 g/mol. The first-order chi connectivity index (χ1) is 9.12. The first kappa shape index (κ1) is 12.5. The molecule has 102 valence electrons. The van der Waals surface area contributed by atoms with Gasteiger partial charge in [0.25, 0.3) is 0 Å². The minimum absolute atomic E-state index is 0.128. The molecule has 0 spiro atoms. The van der Waals surface area contributed by atoms with Gasteiger partial charge in [-0.3, -0.25) is 4.99 Å². The van der Waals surface area contributed by atoms with Gasteiger partial charge in [0.15, 0.2) is 9.84 Å². The normalized spacial score (nSPS) is 24.8. The van der Waals surface area contributed by atoms with E-state index in [4.69, 9.17) is 4.74 Å². The molecule has 1 unspecified atom stereocenters. The van der Waals surface area contributed by atoms with Gasteiger partial charge in [-0.25, -0.2) is 8.42 Å². The van der Waals surface area contributed by atoms with Crippen molar-refractivity contribution >= 4 is 15.7 Å². The molecule has 1 fully saturated rings. The molecule has 1 aromatic carbocycles. The SMILES string of the molecule is O=S1(=O)CCC(Oc2ccc(C3=NCCN3)cc2)C1. The van der Waals surface area contributed by atoms with Crippen molar-refractivity contribution in [3.63, 3.8) is 0 Å². The fourth-order valence-corrected chi connectivity index (χ4v) is 3.92. The van der Waals surface area contributed by atoms with E-state index in [9.17, 15) is 8.42 Å². The van der Waals surface area contributed by atoms with Gasteiger partial charge in [0.05, 0.1) is 18.1 Å². The molecule has 0 aromatic heterocycles. The molecule has 19 heavy (non-hydrogen) atoms. The third-order valence-corrected chi connectivity index (χ3v) is 5.03. The lowest BCUT2D eigenvalue weighted by molar-refractivity contribution is 0.229. The Balaban J connectivity index is 1.66. The molecule has 2 aliphatic heterocycles. The van der Waals surface area contributed by atoms with Crippen molar-refractivity contribution in [3.8, 4) is 5.75 Å². The van der Waals surface area contributed by atoms with Gasteiger partial charge < -0.3 is 10.1 Å². The molecule has 5 nitrogen and oxygen atoms in total. The minimum Gasteiger partial charge on any atom is -0.489 e. The van der Waals surface area contributed by atoms with Crippen molar-refractivity contribution in [2.24, 2.45) is 4.99 Å². The monoisotopic (exact) mass is 280 g/mol. The van der Waals surface area contributed by atoms with E-state index in [-0.39, 0.29) is 17.6 Å². The number of benzene rings is 1. The fraction of sp³-hybridized carbons (Fsp3) is 0.462. The van der Waals surface area contributed by atoms with Crippen LogP contribution >= 0.6 is 0 Å². The third-order valence-electron chi connectivity index (χ3n) is 3.30. The van der Waals surface area contributed by atoms with Crippen molar-refractivity contribution in [3.05, 3.63) is 29.8 Å². The van der Waals surface area contributed by atoms with Crippen LogP contribution in [0, 0.1) is 0 Å². The van der Waals surface area contributed by atoms with Crippen molar-refractivity contribution in [2.45, 2.75) is 12.5 Å². The molecule has 1 aromatic rings. The smallest absolute Gasteiger partial charge is 0.154 e. The van der Waals surface area contributed by atoms with Crippen molar-refractivity contribution in [1.29, 1.82) is 0 Å². The molecule has 3 rings (SSSR count). The Hall–Kier alpha value is -1.56. The topological polar surface area (TPSA) is 67.8 Å². The number of sulfone groups is 1. The van der Waals surface area contributed by atoms with Crippen LogP contribution in [0.25, 0.3) is 0 Å². The summed E-state index contributed by atoms with van der Waals surface area (Å²) in [6.07, 6.45) is 0.371. The molecule has 0 amide bonds. The lowest BCUT2D eigenvalue weighted by Crippen LogP contribution is -2.20. The molecular weight excluding hydrogens is 264 g/mol. The summed E-state index contributed by atoms with van der Waals surface area (Å²) in [7, 11) is -2.89. The summed E-state index contributed by atoms with van der Waals surface area (Å²) in [5.74, 6) is 1.99. The Kier molecular flexibility index (Phi) is 3.18. The molecule has 0 aliphatic carbocycles.